The van der Waals surface area contributed by atoms with Gasteiger partial charge in [0.15, 0.2) is 0 Å². The monoisotopic (exact) mass is 306 g/mol. The predicted octanol–water partition coefficient (Wildman–Crippen LogP) is -0.540. The average molecular weight is 306 g/mol. The molecule has 2 aliphatic rings. The van der Waals surface area contributed by atoms with E-state index in [1.165, 1.54) is 12.2 Å². The molecule has 0 aromatic rings. The van der Waals surface area contributed by atoms with Crippen LogP contribution in [0.1, 0.15) is 19.3 Å². The number of carboxylic acid groups (broad SMARTS) is 1. The highest BCUT2D eigenvalue weighted by atomic mass is 16.4. The van der Waals surface area contributed by atoms with Gasteiger partial charge in [0.05, 0.1) is 0 Å². The van der Waals surface area contributed by atoms with E-state index < -0.39 is 35.6 Å². The Bertz CT molecular complexity index is 570. The van der Waals surface area contributed by atoms with E-state index in [2.05, 4.69) is 0 Å². The Morgan fingerprint density at radius 1 is 0.909 bits per heavy atom. The first-order valence-electron chi connectivity index (χ1n) is 6.73. The van der Waals surface area contributed by atoms with Gasteiger partial charge < -0.3 is 5.11 Å². The van der Waals surface area contributed by atoms with Crippen molar-refractivity contribution in [1.82, 2.24) is 9.80 Å². The van der Waals surface area contributed by atoms with E-state index in [0.717, 1.165) is 17.1 Å². The number of aliphatic carboxylic acids is 1. The van der Waals surface area contributed by atoms with Crippen LogP contribution in [0.3, 0.4) is 0 Å². The highest BCUT2D eigenvalue weighted by molar-refractivity contribution is 6.14. The lowest BCUT2D eigenvalue weighted by atomic mass is 10.1. The van der Waals surface area contributed by atoms with E-state index in [0.29, 0.717) is 17.7 Å². The second kappa shape index (κ2) is 6.33. The van der Waals surface area contributed by atoms with E-state index in [-0.39, 0.29) is 13.0 Å². The SMILES string of the molecule is O=C(O)C(CCCCN1C(=O)C=CC1=O)N1C(=O)C=CC1=O. The molecule has 2 rings (SSSR count). The Morgan fingerprint density at radius 2 is 1.41 bits per heavy atom. The zero-order valence-corrected chi connectivity index (χ0v) is 11.6. The number of amides is 4. The molecule has 0 aromatic heterocycles. The number of carbonyl (C=O) groups is 5. The highest BCUT2D eigenvalue weighted by Gasteiger charge is 2.35. The fourth-order valence-electron chi connectivity index (χ4n) is 2.34. The van der Waals surface area contributed by atoms with Gasteiger partial charge in [-0.3, -0.25) is 29.0 Å². The van der Waals surface area contributed by atoms with Crippen molar-refractivity contribution in [1.29, 1.82) is 0 Å². The highest BCUT2D eigenvalue weighted by Crippen LogP contribution is 2.16. The Balaban J connectivity index is 1.84. The predicted molar refractivity (Wildman–Crippen MR) is 72.1 cm³/mol. The lowest BCUT2D eigenvalue weighted by Crippen LogP contribution is -2.45. The van der Waals surface area contributed by atoms with Crippen molar-refractivity contribution < 1.29 is 29.1 Å². The van der Waals surface area contributed by atoms with Crippen molar-refractivity contribution >= 4 is 29.6 Å². The lowest BCUT2D eigenvalue weighted by Gasteiger charge is -2.22. The molecule has 0 saturated carbocycles. The lowest BCUT2D eigenvalue weighted by molar-refractivity contribution is -0.153. The maximum atomic E-state index is 11.5. The number of carbonyl (C=O) groups excluding carboxylic acids is 4. The van der Waals surface area contributed by atoms with Crippen molar-refractivity contribution in [2.75, 3.05) is 6.54 Å². The van der Waals surface area contributed by atoms with Gasteiger partial charge in [-0.05, 0) is 19.3 Å². The van der Waals surface area contributed by atoms with Crippen LogP contribution < -0.4 is 0 Å². The number of unbranched alkanes of at least 4 members (excludes halogenated alkanes) is 1. The molecule has 1 atom stereocenters. The zero-order valence-electron chi connectivity index (χ0n) is 11.6. The molecule has 1 N–H and O–H groups in total. The van der Waals surface area contributed by atoms with Gasteiger partial charge in [-0.15, -0.1) is 0 Å². The van der Waals surface area contributed by atoms with Gasteiger partial charge in [-0.25, -0.2) is 4.79 Å². The molecule has 2 aliphatic heterocycles. The number of hydrogen-bond donors (Lipinski definition) is 1. The molecule has 0 radical (unpaired) electrons. The zero-order chi connectivity index (χ0) is 16.3. The van der Waals surface area contributed by atoms with E-state index in [1.807, 2.05) is 0 Å². The van der Waals surface area contributed by atoms with Crippen molar-refractivity contribution in [3.63, 3.8) is 0 Å². The molecule has 4 amide bonds. The summed E-state index contributed by atoms with van der Waals surface area (Å²) in [5.74, 6) is -3.35. The molecule has 8 nitrogen and oxygen atoms in total. The van der Waals surface area contributed by atoms with Gasteiger partial charge in [0.25, 0.3) is 23.6 Å². The Labute approximate surface area is 125 Å². The van der Waals surface area contributed by atoms with E-state index in [9.17, 15) is 24.0 Å². The van der Waals surface area contributed by atoms with E-state index in [1.54, 1.807) is 0 Å². The van der Waals surface area contributed by atoms with Gasteiger partial charge in [-0.1, -0.05) is 0 Å². The van der Waals surface area contributed by atoms with Crippen LogP contribution in [0.15, 0.2) is 24.3 Å². The molecule has 2 heterocycles. The van der Waals surface area contributed by atoms with Crippen molar-refractivity contribution in [3.8, 4) is 0 Å². The fraction of sp³-hybridized carbons (Fsp3) is 0.357. The van der Waals surface area contributed by atoms with Crippen LogP contribution in [0, 0.1) is 0 Å². The van der Waals surface area contributed by atoms with Gasteiger partial charge in [-0.2, -0.15) is 0 Å². The first-order valence-corrected chi connectivity index (χ1v) is 6.73. The minimum absolute atomic E-state index is 0.0676. The average Bonchev–Trinajstić information content (AvgIpc) is 2.95. The van der Waals surface area contributed by atoms with E-state index >= 15 is 0 Å². The second-order valence-corrected chi connectivity index (χ2v) is 4.89. The minimum atomic E-state index is -1.26. The fourth-order valence-corrected chi connectivity index (χ4v) is 2.34. The first-order chi connectivity index (χ1) is 10.4. The second-order valence-electron chi connectivity index (χ2n) is 4.89. The number of nitrogens with zero attached hydrogens (tertiary/aromatic N) is 2. The third-order valence-electron chi connectivity index (χ3n) is 3.45. The molecule has 116 valence electrons. The molecule has 0 aliphatic carbocycles. The molecule has 0 bridgehead atoms. The molecule has 0 spiro atoms. The molecule has 1 unspecified atom stereocenters. The van der Waals surface area contributed by atoms with Crippen LogP contribution >= 0.6 is 0 Å². The summed E-state index contributed by atoms with van der Waals surface area (Å²) in [4.78, 5) is 58.7. The molecular weight excluding hydrogens is 292 g/mol. The molecule has 0 fully saturated rings. The van der Waals surface area contributed by atoms with Crippen LogP contribution in [0.5, 0.6) is 0 Å². The molecule has 8 heteroatoms. The van der Waals surface area contributed by atoms with Crippen molar-refractivity contribution in [2.24, 2.45) is 0 Å². The Morgan fingerprint density at radius 3 is 1.91 bits per heavy atom. The van der Waals surface area contributed by atoms with Crippen LogP contribution in [0.25, 0.3) is 0 Å². The largest absolute Gasteiger partial charge is 0.480 e. The number of carboxylic acids is 1. The summed E-state index contributed by atoms with van der Waals surface area (Å²) in [5, 5.41) is 9.16. The van der Waals surface area contributed by atoms with Gasteiger partial charge in [0, 0.05) is 30.8 Å². The quantitative estimate of drug-likeness (QED) is 0.499. The van der Waals surface area contributed by atoms with Crippen LogP contribution in [-0.4, -0.2) is 57.1 Å². The summed E-state index contributed by atoms with van der Waals surface area (Å²) in [6.07, 6.45) is 5.23. The topological polar surface area (TPSA) is 112 Å². The summed E-state index contributed by atoms with van der Waals surface area (Å²) in [7, 11) is 0. The molecule has 22 heavy (non-hydrogen) atoms. The minimum Gasteiger partial charge on any atom is -0.480 e. The maximum Gasteiger partial charge on any atom is 0.326 e. The Kier molecular flexibility index (Phi) is 4.50. The summed E-state index contributed by atoms with van der Waals surface area (Å²) in [5.41, 5.74) is 0. The maximum absolute atomic E-state index is 11.5. The number of rotatable bonds is 7. The summed E-state index contributed by atoms with van der Waals surface area (Å²) in [6, 6.07) is -1.24. The summed E-state index contributed by atoms with van der Waals surface area (Å²) in [6.45, 7) is 0.178. The van der Waals surface area contributed by atoms with Crippen molar-refractivity contribution in [3.05, 3.63) is 24.3 Å². The third kappa shape index (κ3) is 3.11. The number of hydrogen-bond acceptors (Lipinski definition) is 5. The first kappa shape index (κ1) is 15.6. The number of imide groups is 2. The summed E-state index contributed by atoms with van der Waals surface area (Å²) >= 11 is 0. The van der Waals surface area contributed by atoms with Gasteiger partial charge in [0.2, 0.25) is 0 Å². The van der Waals surface area contributed by atoms with Gasteiger partial charge in [0.1, 0.15) is 6.04 Å². The molecular formula is C14H14N2O6. The molecule has 0 aromatic carbocycles. The van der Waals surface area contributed by atoms with Crippen LogP contribution in [0.4, 0.5) is 0 Å². The summed E-state index contributed by atoms with van der Waals surface area (Å²) < 4.78 is 0. The van der Waals surface area contributed by atoms with Crippen LogP contribution in [0.2, 0.25) is 0 Å². The smallest absolute Gasteiger partial charge is 0.326 e. The molecule has 0 saturated heterocycles. The van der Waals surface area contributed by atoms with Gasteiger partial charge >= 0.3 is 5.97 Å². The normalized spacial score (nSPS) is 18.7. The van der Waals surface area contributed by atoms with Crippen molar-refractivity contribution in [2.45, 2.75) is 25.3 Å². The van der Waals surface area contributed by atoms with E-state index in [4.69, 9.17) is 5.11 Å². The standard InChI is InChI=1S/C14H14N2O6/c17-10-4-5-11(18)15(10)8-2-1-3-9(14(21)22)16-12(19)6-7-13(16)20/h4-7,9H,1-3,8H2,(H,21,22). The Hall–Kier alpha value is -2.77. The third-order valence-corrected chi connectivity index (χ3v) is 3.45. The van der Waals surface area contributed by atoms with Crippen LogP contribution in [-0.2, 0) is 24.0 Å².